The minimum atomic E-state index is 0. The van der Waals surface area contributed by atoms with Gasteiger partial charge in [-0.3, -0.25) is 0 Å². The molecule has 0 aromatic carbocycles. The van der Waals surface area contributed by atoms with E-state index in [1.165, 1.54) is 0 Å². The summed E-state index contributed by atoms with van der Waals surface area (Å²) in [5.74, 6) is 1.56. The third-order valence-corrected chi connectivity index (χ3v) is 1.11. The number of hydrogen-bond donors (Lipinski definition) is 1. The van der Waals surface area contributed by atoms with Crippen LogP contribution < -0.4 is 34.9 Å². The van der Waals surface area contributed by atoms with E-state index in [4.69, 9.17) is 0 Å². The molecule has 2 nitrogen and oxygen atoms in total. The molecule has 11 heavy (non-hydrogen) atoms. The molecule has 0 radical (unpaired) electrons. The van der Waals surface area contributed by atoms with Crippen LogP contribution in [0.4, 0.5) is 0 Å². The van der Waals surface area contributed by atoms with Crippen LogP contribution in [-0.4, -0.2) is 18.6 Å². The van der Waals surface area contributed by atoms with Crippen LogP contribution in [0.1, 0.15) is 27.7 Å². The van der Waals surface area contributed by atoms with Crippen molar-refractivity contribution in [3.05, 3.63) is 0 Å². The van der Waals surface area contributed by atoms with Crippen molar-refractivity contribution >= 4 is 0 Å². The van der Waals surface area contributed by atoms with E-state index in [1.54, 1.807) is 0 Å². The van der Waals surface area contributed by atoms with Crippen LogP contribution in [0, 0.1) is 11.8 Å². The molecule has 0 heterocycles. The summed E-state index contributed by atoms with van der Waals surface area (Å²) in [6, 6.07) is 0. The van der Waals surface area contributed by atoms with Gasteiger partial charge in [0.1, 0.15) is 0 Å². The molecule has 0 saturated heterocycles. The molecule has 0 aliphatic heterocycles. The molecular weight excluding hydrogens is 149 g/mol. The fourth-order valence-corrected chi connectivity index (χ4v) is 0.661. The van der Waals surface area contributed by atoms with Crippen LogP contribution in [-0.2, 0) is 0 Å². The van der Waals surface area contributed by atoms with Crippen molar-refractivity contribution < 1.29 is 35.0 Å². The van der Waals surface area contributed by atoms with Crippen LogP contribution in [0.2, 0.25) is 0 Å². The number of rotatable bonds is 4. The molecule has 0 bridgehead atoms. The first-order valence-electron chi connectivity index (χ1n) is 3.83. The SMILES string of the molecule is CC(C)CNCC(C)C.[Na+].[OH-]. The van der Waals surface area contributed by atoms with Crippen LogP contribution >= 0.6 is 0 Å². The van der Waals surface area contributed by atoms with Crippen molar-refractivity contribution in [2.75, 3.05) is 13.1 Å². The molecule has 2 N–H and O–H groups in total. The van der Waals surface area contributed by atoms with Gasteiger partial charge in [0.15, 0.2) is 0 Å². The van der Waals surface area contributed by atoms with E-state index < -0.39 is 0 Å². The van der Waals surface area contributed by atoms with Crippen molar-refractivity contribution in [1.29, 1.82) is 0 Å². The largest absolute Gasteiger partial charge is 1.00 e. The Hall–Kier alpha value is 0.920. The predicted molar refractivity (Wildman–Crippen MR) is 44.5 cm³/mol. The fourth-order valence-electron chi connectivity index (χ4n) is 0.661. The molecule has 0 spiro atoms. The third-order valence-electron chi connectivity index (χ3n) is 1.11. The second kappa shape index (κ2) is 10.9. The van der Waals surface area contributed by atoms with Crippen LogP contribution in [0.5, 0.6) is 0 Å². The quantitative estimate of drug-likeness (QED) is 0.532. The zero-order valence-electron chi connectivity index (χ0n) is 8.52. The Morgan fingerprint density at radius 3 is 1.36 bits per heavy atom. The van der Waals surface area contributed by atoms with Crippen molar-refractivity contribution in [2.24, 2.45) is 11.8 Å². The van der Waals surface area contributed by atoms with Crippen molar-refractivity contribution in [1.82, 2.24) is 5.32 Å². The zero-order chi connectivity index (χ0) is 7.28. The normalized spacial score (nSPS) is 9.27. The van der Waals surface area contributed by atoms with E-state index in [-0.39, 0.29) is 35.0 Å². The monoisotopic (exact) mass is 169 g/mol. The first-order chi connectivity index (χ1) is 4.13. The van der Waals surface area contributed by atoms with E-state index in [0.29, 0.717) is 0 Å². The average Bonchev–Trinajstić information content (AvgIpc) is 1.63. The third kappa shape index (κ3) is 18.1. The summed E-state index contributed by atoms with van der Waals surface area (Å²) in [5, 5.41) is 3.38. The van der Waals surface area contributed by atoms with Crippen LogP contribution in [0.3, 0.4) is 0 Å². The Balaban J connectivity index is -0.000000320. The van der Waals surface area contributed by atoms with E-state index >= 15 is 0 Å². The van der Waals surface area contributed by atoms with E-state index in [1.807, 2.05) is 0 Å². The summed E-state index contributed by atoms with van der Waals surface area (Å²) < 4.78 is 0. The minimum Gasteiger partial charge on any atom is -0.870 e. The van der Waals surface area contributed by atoms with E-state index in [9.17, 15) is 0 Å². The molecule has 0 aromatic rings. The summed E-state index contributed by atoms with van der Waals surface area (Å²) in [5.41, 5.74) is 0. The van der Waals surface area contributed by atoms with Gasteiger partial charge in [0, 0.05) is 0 Å². The Kier molecular flexibility index (Phi) is 17.7. The number of nitrogens with one attached hydrogen (secondary N) is 1. The molecule has 3 heteroatoms. The van der Waals surface area contributed by atoms with Crippen molar-refractivity contribution in [2.45, 2.75) is 27.7 Å². The maximum Gasteiger partial charge on any atom is 1.00 e. The van der Waals surface area contributed by atoms with Crippen LogP contribution in [0.15, 0.2) is 0 Å². The molecule has 0 saturated carbocycles. The second-order valence-electron chi connectivity index (χ2n) is 3.45. The van der Waals surface area contributed by atoms with Crippen molar-refractivity contribution in [3.63, 3.8) is 0 Å². The van der Waals surface area contributed by atoms with Gasteiger partial charge in [0.25, 0.3) is 0 Å². The van der Waals surface area contributed by atoms with E-state index in [0.717, 1.165) is 24.9 Å². The molecule has 0 rings (SSSR count). The Bertz CT molecular complexity index is 59.1. The van der Waals surface area contributed by atoms with Crippen LogP contribution in [0.25, 0.3) is 0 Å². The van der Waals surface area contributed by atoms with Gasteiger partial charge in [0.2, 0.25) is 0 Å². The van der Waals surface area contributed by atoms with E-state index in [2.05, 4.69) is 33.0 Å². The topological polar surface area (TPSA) is 42.0 Å². The summed E-state index contributed by atoms with van der Waals surface area (Å²) in [6.45, 7) is 11.2. The summed E-state index contributed by atoms with van der Waals surface area (Å²) in [4.78, 5) is 0. The van der Waals surface area contributed by atoms with Crippen molar-refractivity contribution in [3.8, 4) is 0 Å². The molecule has 0 aliphatic rings. The smallest absolute Gasteiger partial charge is 0.870 e. The summed E-state index contributed by atoms with van der Waals surface area (Å²) >= 11 is 0. The molecule has 0 aliphatic carbocycles. The van der Waals surface area contributed by atoms with Gasteiger partial charge in [-0.2, -0.15) is 0 Å². The standard InChI is InChI=1S/C8H19N.Na.H2O/c1-7(2)5-9-6-8(3)4;;/h7-9H,5-6H2,1-4H3;;1H2/q;+1;/p-1. The fraction of sp³-hybridized carbons (Fsp3) is 1.00. The second-order valence-corrected chi connectivity index (χ2v) is 3.45. The van der Waals surface area contributed by atoms with Gasteiger partial charge in [-0.1, -0.05) is 27.7 Å². The van der Waals surface area contributed by atoms with Gasteiger partial charge >= 0.3 is 29.6 Å². The molecular formula is C8H20NNaO. The van der Waals surface area contributed by atoms with Gasteiger partial charge in [-0.25, -0.2) is 0 Å². The van der Waals surface area contributed by atoms with Gasteiger partial charge in [-0.05, 0) is 24.9 Å². The van der Waals surface area contributed by atoms with Gasteiger partial charge in [0.05, 0.1) is 0 Å². The molecule has 0 aromatic heterocycles. The number of hydrogen-bond acceptors (Lipinski definition) is 2. The first-order valence-corrected chi connectivity index (χ1v) is 3.83. The Labute approximate surface area is 92.7 Å². The first kappa shape index (κ1) is 17.9. The average molecular weight is 169 g/mol. The Morgan fingerprint density at radius 1 is 0.909 bits per heavy atom. The minimum absolute atomic E-state index is 0. The molecule has 64 valence electrons. The van der Waals surface area contributed by atoms with Gasteiger partial charge < -0.3 is 10.8 Å². The predicted octanol–water partition coefficient (Wildman–Crippen LogP) is -1.28. The summed E-state index contributed by atoms with van der Waals surface area (Å²) in [6.07, 6.45) is 0. The zero-order valence-corrected chi connectivity index (χ0v) is 10.5. The Morgan fingerprint density at radius 2 is 1.18 bits per heavy atom. The molecule has 0 atom stereocenters. The molecule has 0 unspecified atom stereocenters. The molecule has 0 fully saturated rings. The maximum absolute atomic E-state index is 3.38. The summed E-state index contributed by atoms with van der Waals surface area (Å²) in [7, 11) is 0. The van der Waals surface area contributed by atoms with Gasteiger partial charge in [-0.15, -0.1) is 0 Å². The molecule has 0 amide bonds. The maximum atomic E-state index is 3.38.